The molecule has 2 fully saturated rings. The molecule has 3 rings (SSSR count). The lowest BCUT2D eigenvalue weighted by molar-refractivity contribution is -0.138. The van der Waals surface area contributed by atoms with Crippen LogP contribution in [0, 0.1) is 5.92 Å². The average Bonchev–Trinajstić information content (AvgIpc) is 2.64. The summed E-state index contributed by atoms with van der Waals surface area (Å²) in [4.78, 5) is 17.9. The van der Waals surface area contributed by atoms with E-state index in [1.165, 1.54) is 12.8 Å². The van der Waals surface area contributed by atoms with Crippen molar-refractivity contribution in [1.29, 1.82) is 0 Å². The van der Waals surface area contributed by atoms with Gasteiger partial charge < -0.3 is 5.11 Å². The Morgan fingerprint density at radius 1 is 1.33 bits per heavy atom. The Balaban J connectivity index is 1.69. The molecule has 2 unspecified atom stereocenters. The number of rotatable bonds is 4. The number of carboxylic acid groups (broad SMARTS) is 1. The van der Waals surface area contributed by atoms with Crippen LogP contribution < -0.4 is 0 Å². The molecule has 2 aliphatic heterocycles. The van der Waals surface area contributed by atoms with Crippen molar-refractivity contribution in [3.05, 3.63) is 26.9 Å². The first-order valence-corrected chi connectivity index (χ1v) is 8.89. The topological polar surface area (TPSA) is 53.4 Å². The summed E-state index contributed by atoms with van der Waals surface area (Å²) in [5.74, 6) is -0.317. The van der Waals surface area contributed by atoms with Crippen molar-refractivity contribution in [3.63, 3.8) is 0 Å². The van der Waals surface area contributed by atoms with Crippen molar-refractivity contribution < 1.29 is 9.90 Å². The highest BCUT2D eigenvalue weighted by Gasteiger charge is 2.41. The summed E-state index contributed by atoms with van der Waals surface area (Å²) >= 11 is 7.01. The van der Waals surface area contributed by atoms with E-state index in [0.717, 1.165) is 34.0 Å². The van der Waals surface area contributed by atoms with Crippen LogP contribution in [0.25, 0.3) is 0 Å². The summed E-state index contributed by atoms with van der Waals surface area (Å²) in [5, 5.41) is 8.99. The molecule has 0 aromatic carbocycles. The zero-order chi connectivity index (χ0) is 15.0. The number of piperidine rings is 1. The third kappa shape index (κ3) is 3.48. The van der Waals surface area contributed by atoms with Gasteiger partial charge in [-0.1, -0.05) is 0 Å². The van der Waals surface area contributed by atoms with Crippen molar-refractivity contribution >= 4 is 37.8 Å². The zero-order valence-electron chi connectivity index (χ0n) is 11.6. The number of halogens is 2. The molecule has 114 valence electrons. The van der Waals surface area contributed by atoms with Crippen molar-refractivity contribution in [2.24, 2.45) is 5.92 Å². The number of nitrogens with zero attached hydrogens (tertiary/aromatic N) is 2. The van der Waals surface area contributed by atoms with E-state index in [0.29, 0.717) is 24.4 Å². The molecule has 2 bridgehead atoms. The second-order valence-electron chi connectivity index (χ2n) is 6.07. The Morgan fingerprint density at radius 3 is 2.57 bits per heavy atom. The quantitative estimate of drug-likeness (QED) is 0.808. The summed E-state index contributed by atoms with van der Waals surface area (Å²) in [6.07, 6.45) is 6.55. The third-order valence-corrected chi connectivity index (χ3v) is 5.78. The first-order chi connectivity index (χ1) is 10.0. The number of aliphatic carboxylic acids is 1. The van der Waals surface area contributed by atoms with E-state index < -0.39 is 5.97 Å². The number of pyridine rings is 1. The van der Waals surface area contributed by atoms with Gasteiger partial charge in [0, 0.05) is 40.2 Å². The first-order valence-electron chi connectivity index (χ1n) is 7.30. The molecular weight excluding hydrogens is 400 g/mol. The van der Waals surface area contributed by atoms with E-state index in [1.54, 1.807) is 0 Å². The van der Waals surface area contributed by atoms with Crippen molar-refractivity contribution in [1.82, 2.24) is 9.88 Å². The summed E-state index contributed by atoms with van der Waals surface area (Å²) in [5.41, 5.74) is 1.06. The van der Waals surface area contributed by atoms with Crippen molar-refractivity contribution in [3.8, 4) is 0 Å². The van der Waals surface area contributed by atoms with Gasteiger partial charge >= 0.3 is 5.97 Å². The molecule has 0 spiro atoms. The molecule has 2 saturated heterocycles. The summed E-state index contributed by atoms with van der Waals surface area (Å²) in [6.45, 7) is 0.850. The molecule has 1 aromatic rings. The van der Waals surface area contributed by atoms with Gasteiger partial charge in [-0.2, -0.15) is 0 Å². The second kappa shape index (κ2) is 6.34. The molecule has 0 radical (unpaired) electrons. The molecule has 1 N–H and O–H groups in total. The lowest BCUT2D eigenvalue weighted by atomic mass is 9.88. The average molecular weight is 418 g/mol. The van der Waals surface area contributed by atoms with Gasteiger partial charge in [-0.05, 0) is 69.5 Å². The highest BCUT2D eigenvalue weighted by molar-refractivity contribution is 9.11. The van der Waals surface area contributed by atoms with E-state index >= 15 is 0 Å². The highest BCUT2D eigenvalue weighted by atomic mass is 79.9. The molecular formula is C15H18Br2N2O2. The SMILES string of the molecule is O=C(O)CC1CC2CCC(C1)N2Cc1ncc(Br)cc1Br. The Hall–Kier alpha value is -0.460. The Kier molecular flexibility index (Phi) is 4.66. The molecule has 2 atom stereocenters. The van der Waals surface area contributed by atoms with Crippen LogP contribution in [0.1, 0.15) is 37.8 Å². The molecule has 1 aromatic heterocycles. The number of hydrogen-bond acceptors (Lipinski definition) is 3. The maximum absolute atomic E-state index is 10.9. The summed E-state index contributed by atoms with van der Waals surface area (Å²) in [7, 11) is 0. The standard InChI is InChI=1S/C15H18Br2N2O2/c16-10-6-13(17)14(18-7-10)8-19-11-1-2-12(19)4-9(3-11)5-15(20)21/h6-7,9,11-12H,1-5,8H2,(H,20,21). The zero-order valence-corrected chi connectivity index (χ0v) is 14.8. The van der Waals surface area contributed by atoms with Crippen molar-refractivity contribution in [2.75, 3.05) is 0 Å². The van der Waals surface area contributed by atoms with Crippen LogP contribution in [0.15, 0.2) is 21.2 Å². The van der Waals surface area contributed by atoms with E-state index in [4.69, 9.17) is 5.11 Å². The minimum absolute atomic E-state index is 0.321. The number of fused-ring (bicyclic) bond motifs is 2. The molecule has 4 nitrogen and oxygen atoms in total. The van der Waals surface area contributed by atoms with Gasteiger partial charge in [0.05, 0.1) is 5.69 Å². The fourth-order valence-electron chi connectivity index (χ4n) is 3.79. The van der Waals surface area contributed by atoms with Crippen LogP contribution in [0.5, 0.6) is 0 Å². The smallest absolute Gasteiger partial charge is 0.303 e. The van der Waals surface area contributed by atoms with E-state index in [9.17, 15) is 4.79 Å². The number of aromatic nitrogens is 1. The molecule has 2 aliphatic rings. The van der Waals surface area contributed by atoms with Gasteiger partial charge in [0.2, 0.25) is 0 Å². The molecule has 21 heavy (non-hydrogen) atoms. The number of carbonyl (C=O) groups is 1. The van der Waals surface area contributed by atoms with Crippen LogP contribution >= 0.6 is 31.9 Å². The number of hydrogen-bond donors (Lipinski definition) is 1. The fourth-order valence-corrected chi connectivity index (χ4v) is 4.90. The van der Waals surface area contributed by atoms with Gasteiger partial charge in [0.15, 0.2) is 0 Å². The minimum Gasteiger partial charge on any atom is -0.481 e. The molecule has 3 heterocycles. The van der Waals surface area contributed by atoms with Crippen LogP contribution in [0.4, 0.5) is 0 Å². The van der Waals surface area contributed by atoms with Gasteiger partial charge in [0.25, 0.3) is 0 Å². The fraction of sp³-hybridized carbons (Fsp3) is 0.600. The lowest BCUT2D eigenvalue weighted by Crippen LogP contribution is -2.42. The Labute approximate surface area is 141 Å². The Morgan fingerprint density at radius 2 is 2.00 bits per heavy atom. The van der Waals surface area contributed by atoms with Crippen molar-refractivity contribution in [2.45, 2.75) is 50.7 Å². The van der Waals surface area contributed by atoms with Gasteiger partial charge in [-0.3, -0.25) is 14.7 Å². The maximum atomic E-state index is 10.9. The Bertz CT molecular complexity index is 538. The third-order valence-electron chi connectivity index (χ3n) is 4.66. The first kappa shape index (κ1) is 15.4. The van der Waals surface area contributed by atoms with Gasteiger partial charge in [-0.15, -0.1) is 0 Å². The summed E-state index contributed by atoms with van der Waals surface area (Å²) < 4.78 is 2.00. The summed E-state index contributed by atoms with van der Waals surface area (Å²) in [6, 6.07) is 3.07. The largest absolute Gasteiger partial charge is 0.481 e. The molecule has 6 heteroatoms. The predicted octanol–water partition coefficient (Wildman–Crippen LogP) is 3.82. The normalized spacial score (nSPS) is 28.8. The highest BCUT2D eigenvalue weighted by Crippen LogP contribution is 2.41. The monoisotopic (exact) mass is 416 g/mol. The lowest BCUT2D eigenvalue weighted by Gasteiger charge is -2.38. The second-order valence-corrected chi connectivity index (χ2v) is 7.84. The van der Waals surface area contributed by atoms with E-state index in [1.807, 2.05) is 12.3 Å². The number of carboxylic acids is 1. The van der Waals surface area contributed by atoms with Crippen LogP contribution in [-0.2, 0) is 11.3 Å². The molecule has 0 saturated carbocycles. The van der Waals surface area contributed by atoms with Crippen LogP contribution in [-0.4, -0.2) is 33.0 Å². The molecule has 0 amide bonds. The van der Waals surface area contributed by atoms with Gasteiger partial charge in [0.1, 0.15) is 0 Å². The van der Waals surface area contributed by atoms with E-state index in [-0.39, 0.29) is 0 Å². The van der Waals surface area contributed by atoms with Crippen LogP contribution in [0.3, 0.4) is 0 Å². The minimum atomic E-state index is -0.662. The van der Waals surface area contributed by atoms with E-state index in [2.05, 4.69) is 41.7 Å². The van der Waals surface area contributed by atoms with Gasteiger partial charge in [-0.25, -0.2) is 0 Å². The predicted molar refractivity (Wildman–Crippen MR) is 87.0 cm³/mol. The van der Waals surface area contributed by atoms with Crippen LogP contribution in [0.2, 0.25) is 0 Å². The molecule has 0 aliphatic carbocycles. The maximum Gasteiger partial charge on any atom is 0.303 e.